The van der Waals surface area contributed by atoms with Crippen molar-refractivity contribution in [3.05, 3.63) is 40.4 Å². The molecule has 1 saturated carbocycles. The highest BCUT2D eigenvalue weighted by Gasteiger charge is 2.20. The van der Waals surface area contributed by atoms with Crippen LogP contribution in [0.15, 0.2) is 29.0 Å². The average molecular weight is 318 g/mol. The van der Waals surface area contributed by atoms with Gasteiger partial charge in [0.2, 0.25) is 0 Å². The Morgan fingerprint density at radius 3 is 3.00 bits per heavy atom. The van der Waals surface area contributed by atoms with Gasteiger partial charge in [-0.3, -0.25) is 0 Å². The standard InChI is InChI=1S/C13H12BrN5/c14-10-1-4-12(19-8-17-13(6-15)18-19)9(5-10)7-16-11-2-3-11/h1,4-5,8,11,16H,2-3,7H2. The lowest BCUT2D eigenvalue weighted by Gasteiger charge is -2.10. The fourth-order valence-electron chi connectivity index (χ4n) is 1.89. The van der Waals surface area contributed by atoms with Crippen LogP contribution >= 0.6 is 15.9 Å². The normalized spacial score (nSPS) is 14.3. The summed E-state index contributed by atoms with van der Waals surface area (Å²) in [5.74, 6) is 0.184. The van der Waals surface area contributed by atoms with Gasteiger partial charge in [0.1, 0.15) is 12.4 Å². The van der Waals surface area contributed by atoms with Crippen molar-refractivity contribution in [3.63, 3.8) is 0 Å². The van der Waals surface area contributed by atoms with E-state index in [0.29, 0.717) is 6.04 Å². The molecule has 0 bridgehead atoms. The third-order valence-corrected chi connectivity index (χ3v) is 3.53. The maximum absolute atomic E-state index is 8.79. The van der Waals surface area contributed by atoms with Crippen molar-refractivity contribution in [1.29, 1.82) is 5.26 Å². The van der Waals surface area contributed by atoms with Gasteiger partial charge in [0, 0.05) is 17.1 Å². The predicted molar refractivity (Wildman–Crippen MR) is 73.6 cm³/mol. The van der Waals surface area contributed by atoms with Crippen LogP contribution in [0, 0.1) is 11.3 Å². The van der Waals surface area contributed by atoms with E-state index >= 15 is 0 Å². The molecule has 0 saturated heterocycles. The minimum absolute atomic E-state index is 0.184. The molecule has 6 heteroatoms. The number of nitriles is 1. The second-order valence-electron chi connectivity index (χ2n) is 4.55. The van der Waals surface area contributed by atoms with Crippen LogP contribution in [0.2, 0.25) is 0 Å². The maximum Gasteiger partial charge on any atom is 0.252 e. The van der Waals surface area contributed by atoms with Gasteiger partial charge in [0.25, 0.3) is 5.82 Å². The molecular weight excluding hydrogens is 306 g/mol. The van der Waals surface area contributed by atoms with Crippen molar-refractivity contribution in [2.24, 2.45) is 0 Å². The van der Waals surface area contributed by atoms with Gasteiger partial charge in [0.05, 0.1) is 5.69 Å². The van der Waals surface area contributed by atoms with Gasteiger partial charge in [-0.1, -0.05) is 15.9 Å². The minimum Gasteiger partial charge on any atom is -0.310 e. The number of halogens is 1. The van der Waals surface area contributed by atoms with Crippen LogP contribution in [0.5, 0.6) is 0 Å². The van der Waals surface area contributed by atoms with E-state index in [0.717, 1.165) is 22.3 Å². The van der Waals surface area contributed by atoms with Crippen molar-refractivity contribution in [2.45, 2.75) is 25.4 Å². The zero-order valence-electron chi connectivity index (χ0n) is 10.2. The Hall–Kier alpha value is -1.71. The number of nitrogens with one attached hydrogen (secondary N) is 1. The van der Waals surface area contributed by atoms with Gasteiger partial charge in [-0.2, -0.15) is 5.26 Å². The molecule has 0 amide bonds. The quantitative estimate of drug-likeness (QED) is 0.938. The molecule has 2 aromatic rings. The van der Waals surface area contributed by atoms with E-state index in [9.17, 15) is 0 Å². The number of nitrogens with zero attached hydrogens (tertiary/aromatic N) is 4. The van der Waals surface area contributed by atoms with Gasteiger partial charge in [-0.05, 0) is 36.6 Å². The van der Waals surface area contributed by atoms with E-state index in [2.05, 4.69) is 37.4 Å². The Kier molecular flexibility index (Phi) is 3.32. The number of aromatic nitrogens is 3. The summed E-state index contributed by atoms with van der Waals surface area (Å²) in [6.07, 6.45) is 4.08. The van der Waals surface area contributed by atoms with Crippen LogP contribution < -0.4 is 5.32 Å². The topological polar surface area (TPSA) is 66.5 Å². The lowest BCUT2D eigenvalue weighted by molar-refractivity contribution is 0.680. The summed E-state index contributed by atoms with van der Waals surface area (Å²) in [6.45, 7) is 0.793. The summed E-state index contributed by atoms with van der Waals surface area (Å²) in [4.78, 5) is 3.94. The van der Waals surface area contributed by atoms with Crippen LogP contribution in [-0.2, 0) is 6.54 Å². The SMILES string of the molecule is N#Cc1ncn(-c2ccc(Br)cc2CNC2CC2)n1. The van der Waals surface area contributed by atoms with Crippen molar-refractivity contribution in [2.75, 3.05) is 0 Å². The molecule has 3 rings (SSSR count). The molecule has 5 nitrogen and oxygen atoms in total. The smallest absolute Gasteiger partial charge is 0.252 e. The molecule has 1 heterocycles. The van der Waals surface area contributed by atoms with Gasteiger partial charge >= 0.3 is 0 Å². The molecule has 0 atom stereocenters. The van der Waals surface area contributed by atoms with Crippen LogP contribution in [0.1, 0.15) is 24.2 Å². The summed E-state index contributed by atoms with van der Waals surface area (Å²) in [6, 6.07) is 8.60. The van der Waals surface area contributed by atoms with E-state index in [-0.39, 0.29) is 5.82 Å². The molecule has 1 N–H and O–H groups in total. The lowest BCUT2D eigenvalue weighted by Crippen LogP contribution is -2.17. The maximum atomic E-state index is 8.79. The van der Waals surface area contributed by atoms with Gasteiger partial charge in [-0.15, -0.1) is 5.10 Å². The number of hydrogen-bond acceptors (Lipinski definition) is 4. The first-order valence-corrected chi connectivity index (χ1v) is 6.89. The van der Waals surface area contributed by atoms with Crippen LogP contribution in [-0.4, -0.2) is 20.8 Å². The van der Waals surface area contributed by atoms with Crippen LogP contribution in [0.3, 0.4) is 0 Å². The first-order chi connectivity index (χ1) is 9.26. The highest BCUT2D eigenvalue weighted by Crippen LogP contribution is 2.23. The number of hydrogen-bond donors (Lipinski definition) is 1. The largest absolute Gasteiger partial charge is 0.310 e. The van der Waals surface area contributed by atoms with Crippen molar-refractivity contribution in [1.82, 2.24) is 20.1 Å². The molecule has 1 aliphatic carbocycles. The van der Waals surface area contributed by atoms with E-state index in [1.54, 1.807) is 11.0 Å². The van der Waals surface area contributed by atoms with E-state index in [1.165, 1.54) is 12.8 Å². The summed E-state index contributed by atoms with van der Waals surface area (Å²) in [5, 5.41) is 16.4. The molecule has 1 aliphatic rings. The van der Waals surface area contributed by atoms with Gasteiger partial charge in [-0.25, -0.2) is 9.67 Å². The molecule has 0 spiro atoms. The first kappa shape index (κ1) is 12.3. The third-order valence-electron chi connectivity index (χ3n) is 3.04. The highest BCUT2D eigenvalue weighted by atomic mass is 79.9. The summed E-state index contributed by atoms with van der Waals surface area (Å²) < 4.78 is 2.68. The van der Waals surface area contributed by atoms with E-state index in [4.69, 9.17) is 5.26 Å². The van der Waals surface area contributed by atoms with Crippen molar-refractivity contribution < 1.29 is 0 Å². The molecule has 1 aromatic carbocycles. The first-order valence-electron chi connectivity index (χ1n) is 6.10. The molecule has 19 heavy (non-hydrogen) atoms. The fraction of sp³-hybridized carbons (Fsp3) is 0.308. The second-order valence-corrected chi connectivity index (χ2v) is 5.47. The van der Waals surface area contributed by atoms with Crippen LogP contribution in [0.4, 0.5) is 0 Å². The molecule has 1 aromatic heterocycles. The zero-order chi connectivity index (χ0) is 13.2. The van der Waals surface area contributed by atoms with E-state index in [1.807, 2.05) is 18.2 Å². The predicted octanol–water partition coefficient (Wildman–Crippen LogP) is 2.15. The Morgan fingerprint density at radius 1 is 1.47 bits per heavy atom. The number of benzene rings is 1. The van der Waals surface area contributed by atoms with Crippen molar-refractivity contribution in [3.8, 4) is 11.8 Å². The Morgan fingerprint density at radius 2 is 2.32 bits per heavy atom. The average Bonchev–Trinajstić information content (AvgIpc) is 3.13. The highest BCUT2D eigenvalue weighted by molar-refractivity contribution is 9.10. The second kappa shape index (κ2) is 5.11. The monoisotopic (exact) mass is 317 g/mol. The van der Waals surface area contributed by atoms with Crippen molar-refractivity contribution >= 4 is 15.9 Å². The molecular formula is C13H12BrN5. The molecule has 1 fully saturated rings. The Balaban J connectivity index is 1.91. The molecule has 0 aliphatic heterocycles. The molecule has 96 valence electrons. The minimum atomic E-state index is 0.184. The summed E-state index contributed by atoms with van der Waals surface area (Å²) in [5.41, 5.74) is 2.08. The molecule has 0 radical (unpaired) electrons. The fourth-order valence-corrected chi connectivity index (χ4v) is 2.30. The van der Waals surface area contributed by atoms with Gasteiger partial charge < -0.3 is 5.32 Å². The Bertz CT molecular complexity index is 639. The lowest BCUT2D eigenvalue weighted by atomic mass is 10.2. The zero-order valence-corrected chi connectivity index (χ0v) is 11.8. The number of rotatable bonds is 4. The molecule has 0 unspecified atom stereocenters. The van der Waals surface area contributed by atoms with Crippen LogP contribution in [0.25, 0.3) is 5.69 Å². The Labute approximate surface area is 119 Å². The summed E-state index contributed by atoms with van der Waals surface area (Å²) in [7, 11) is 0. The van der Waals surface area contributed by atoms with E-state index < -0.39 is 0 Å². The van der Waals surface area contributed by atoms with Gasteiger partial charge in [0.15, 0.2) is 0 Å². The summed E-state index contributed by atoms with van der Waals surface area (Å²) >= 11 is 3.48. The third kappa shape index (κ3) is 2.83.